The van der Waals surface area contributed by atoms with E-state index in [1.165, 1.54) is 12.1 Å². The third-order valence-corrected chi connectivity index (χ3v) is 3.80. The van der Waals surface area contributed by atoms with Crippen molar-refractivity contribution in [3.63, 3.8) is 0 Å². The van der Waals surface area contributed by atoms with Gasteiger partial charge in [0, 0.05) is 6.07 Å². The van der Waals surface area contributed by atoms with Gasteiger partial charge in [0.2, 0.25) is 0 Å². The van der Waals surface area contributed by atoms with Crippen LogP contribution in [-0.2, 0) is 6.42 Å². The van der Waals surface area contributed by atoms with E-state index in [0.717, 1.165) is 23.3 Å². The molecule has 2 unspecified atom stereocenters. The van der Waals surface area contributed by atoms with Crippen LogP contribution in [0.5, 0.6) is 11.5 Å². The van der Waals surface area contributed by atoms with Crippen LogP contribution >= 0.6 is 0 Å². The van der Waals surface area contributed by atoms with E-state index < -0.39 is 6.10 Å². The molecular weight excluding hydrogens is 271 g/mol. The van der Waals surface area contributed by atoms with Gasteiger partial charge in [0.1, 0.15) is 29.5 Å². The molecule has 0 aliphatic heterocycles. The van der Waals surface area contributed by atoms with Crippen molar-refractivity contribution in [3.8, 4) is 11.5 Å². The first-order valence-electron chi connectivity index (χ1n) is 6.94. The fourth-order valence-electron chi connectivity index (χ4n) is 2.71. The van der Waals surface area contributed by atoms with Crippen LogP contribution in [-0.4, -0.2) is 18.3 Å². The Morgan fingerprint density at radius 2 is 2.00 bits per heavy atom. The Balaban J connectivity index is 1.80. The molecule has 3 rings (SSSR count). The fraction of sp³-hybridized carbons (Fsp3) is 0.294. The van der Waals surface area contributed by atoms with Gasteiger partial charge < -0.3 is 14.6 Å². The van der Waals surface area contributed by atoms with Crippen molar-refractivity contribution in [2.75, 3.05) is 7.11 Å². The summed E-state index contributed by atoms with van der Waals surface area (Å²) in [4.78, 5) is 0. The van der Waals surface area contributed by atoms with E-state index in [1.807, 2.05) is 18.2 Å². The van der Waals surface area contributed by atoms with Gasteiger partial charge in [0.15, 0.2) is 0 Å². The van der Waals surface area contributed by atoms with Crippen LogP contribution in [0, 0.1) is 5.82 Å². The molecule has 3 nitrogen and oxygen atoms in total. The highest BCUT2D eigenvalue weighted by Gasteiger charge is 2.29. The predicted molar refractivity (Wildman–Crippen MR) is 77.1 cm³/mol. The molecule has 2 atom stereocenters. The van der Waals surface area contributed by atoms with Gasteiger partial charge in [0.25, 0.3) is 0 Å². The lowest BCUT2D eigenvalue weighted by Gasteiger charge is -2.30. The molecule has 0 saturated carbocycles. The van der Waals surface area contributed by atoms with Crippen LogP contribution in [0.3, 0.4) is 0 Å². The van der Waals surface area contributed by atoms with Crippen LogP contribution in [0.4, 0.5) is 4.39 Å². The van der Waals surface area contributed by atoms with Gasteiger partial charge in [0.05, 0.1) is 7.11 Å². The Bertz CT molecular complexity index is 642. The van der Waals surface area contributed by atoms with Crippen molar-refractivity contribution in [1.82, 2.24) is 0 Å². The van der Waals surface area contributed by atoms with Gasteiger partial charge in [-0.15, -0.1) is 0 Å². The predicted octanol–water partition coefficient (Wildman–Crippen LogP) is 3.26. The summed E-state index contributed by atoms with van der Waals surface area (Å²) in [6, 6.07) is 11.6. The zero-order valence-electron chi connectivity index (χ0n) is 11.8. The van der Waals surface area contributed by atoms with Gasteiger partial charge in [-0.3, -0.25) is 0 Å². The summed E-state index contributed by atoms with van der Waals surface area (Å²) < 4.78 is 24.1. The number of methoxy groups -OCH3 is 1. The Morgan fingerprint density at radius 1 is 1.14 bits per heavy atom. The normalized spacial score (nSPS) is 20.7. The molecule has 110 valence electrons. The molecule has 0 bridgehead atoms. The van der Waals surface area contributed by atoms with Gasteiger partial charge in [-0.2, -0.15) is 0 Å². The molecule has 0 saturated heterocycles. The van der Waals surface area contributed by atoms with Crippen molar-refractivity contribution in [1.29, 1.82) is 0 Å². The van der Waals surface area contributed by atoms with Crippen molar-refractivity contribution in [2.24, 2.45) is 0 Å². The SMILES string of the molecule is COc1ccc2c(c1)CCC(Oc1cccc(F)c1)C2O. The van der Waals surface area contributed by atoms with Gasteiger partial charge in [-0.05, 0) is 48.2 Å². The zero-order chi connectivity index (χ0) is 14.8. The molecule has 1 aliphatic carbocycles. The minimum absolute atomic E-state index is 0.345. The van der Waals surface area contributed by atoms with E-state index in [1.54, 1.807) is 19.2 Å². The molecule has 21 heavy (non-hydrogen) atoms. The largest absolute Gasteiger partial charge is 0.497 e. The van der Waals surface area contributed by atoms with Gasteiger partial charge in [-0.1, -0.05) is 12.1 Å². The number of halogens is 1. The molecule has 0 aromatic heterocycles. The topological polar surface area (TPSA) is 38.7 Å². The van der Waals surface area contributed by atoms with Crippen LogP contribution in [0.1, 0.15) is 23.7 Å². The van der Waals surface area contributed by atoms with E-state index in [-0.39, 0.29) is 11.9 Å². The lowest BCUT2D eigenvalue weighted by atomic mass is 9.87. The second kappa shape index (κ2) is 5.74. The van der Waals surface area contributed by atoms with Crippen LogP contribution < -0.4 is 9.47 Å². The summed E-state index contributed by atoms with van der Waals surface area (Å²) in [7, 11) is 1.62. The molecule has 4 heteroatoms. The molecule has 1 N–H and O–H groups in total. The number of aliphatic hydroxyl groups excluding tert-OH is 1. The molecule has 0 radical (unpaired) electrons. The van der Waals surface area contributed by atoms with E-state index in [0.29, 0.717) is 12.2 Å². The number of benzene rings is 2. The fourth-order valence-corrected chi connectivity index (χ4v) is 2.71. The third-order valence-electron chi connectivity index (χ3n) is 3.80. The number of hydrogen-bond donors (Lipinski definition) is 1. The first-order valence-corrected chi connectivity index (χ1v) is 6.94. The van der Waals surface area contributed by atoms with Gasteiger partial charge in [-0.25, -0.2) is 4.39 Å². The molecule has 1 aliphatic rings. The minimum Gasteiger partial charge on any atom is -0.497 e. The summed E-state index contributed by atoms with van der Waals surface area (Å²) in [6.45, 7) is 0. The zero-order valence-corrected chi connectivity index (χ0v) is 11.8. The van der Waals surface area contributed by atoms with Crippen molar-refractivity contribution >= 4 is 0 Å². The summed E-state index contributed by atoms with van der Waals surface area (Å²) in [5, 5.41) is 10.5. The smallest absolute Gasteiger partial charge is 0.129 e. The first-order chi connectivity index (χ1) is 10.2. The Morgan fingerprint density at radius 3 is 2.76 bits per heavy atom. The van der Waals surface area contributed by atoms with Gasteiger partial charge >= 0.3 is 0 Å². The lowest BCUT2D eigenvalue weighted by molar-refractivity contribution is 0.0228. The third kappa shape index (κ3) is 2.85. The van der Waals surface area contributed by atoms with Crippen LogP contribution in [0.25, 0.3) is 0 Å². The number of aryl methyl sites for hydroxylation is 1. The number of ether oxygens (including phenoxy) is 2. The lowest BCUT2D eigenvalue weighted by Crippen LogP contribution is -2.30. The number of hydrogen-bond acceptors (Lipinski definition) is 3. The first kappa shape index (κ1) is 13.9. The van der Waals surface area contributed by atoms with Crippen LogP contribution in [0.2, 0.25) is 0 Å². The van der Waals surface area contributed by atoms with E-state index in [9.17, 15) is 9.50 Å². The maximum Gasteiger partial charge on any atom is 0.129 e. The molecule has 0 fully saturated rings. The van der Waals surface area contributed by atoms with E-state index >= 15 is 0 Å². The molecule has 0 heterocycles. The second-order valence-electron chi connectivity index (χ2n) is 5.16. The Labute approximate surface area is 122 Å². The monoisotopic (exact) mass is 288 g/mol. The van der Waals surface area contributed by atoms with Crippen LogP contribution in [0.15, 0.2) is 42.5 Å². The average molecular weight is 288 g/mol. The van der Waals surface area contributed by atoms with Crippen molar-refractivity contribution in [3.05, 3.63) is 59.4 Å². The summed E-state index contributed by atoms with van der Waals surface area (Å²) in [5.41, 5.74) is 1.92. The average Bonchev–Trinajstić information content (AvgIpc) is 2.50. The molecule has 0 spiro atoms. The second-order valence-corrected chi connectivity index (χ2v) is 5.16. The number of rotatable bonds is 3. The molecular formula is C17H17FO3. The standard InChI is InChI=1S/C17H17FO3/c1-20-13-6-7-15-11(9-13)5-8-16(17(15)19)21-14-4-2-3-12(18)10-14/h2-4,6-7,9-10,16-17,19H,5,8H2,1H3. The Kier molecular flexibility index (Phi) is 3.80. The molecule has 2 aromatic rings. The molecule has 2 aromatic carbocycles. The maximum atomic E-state index is 13.2. The number of aliphatic hydroxyl groups is 1. The summed E-state index contributed by atoms with van der Waals surface area (Å²) in [6.07, 6.45) is 0.386. The highest BCUT2D eigenvalue weighted by molar-refractivity contribution is 5.39. The highest BCUT2D eigenvalue weighted by atomic mass is 19.1. The molecule has 0 amide bonds. The summed E-state index contributed by atoms with van der Waals surface area (Å²) in [5.74, 6) is 0.879. The highest BCUT2D eigenvalue weighted by Crippen LogP contribution is 2.34. The Hall–Kier alpha value is -2.07. The number of fused-ring (bicyclic) bond motifs is 1. The maximum absolute atomic E-state index is 13.2. The van der Waals surface area contributed by atoms with E-state index in [4.69, 9.17) is 9.47 Å². The van der Waals surface area contributed by atoms with Crippen molar-refractivity contribution in [2.45, 2.75) is 25.0 Å². The van der Waals surface area contributed by atoms with Crippen molar-refractivity contribution < 1.29 is 19.0 Å². The summed E-state index contributed by atoms with van der Waals surface area (Å²) >= 11 is 0. The quantitative estimate of drug-likeness (QED) is 0.942. The minimum atomic E-state index is -0.720. The van der Waals surface area contributed by atoms with E-state index in [2.05, 4.69) is 0 Å².